The van der Waals surface area contributed by atoms with E-state index < -0.39 is 0 Å². The minimum absolute atomic E-state index is 0.0450. The SMILES string of the molecule is O=C([C@@H]1Cc2ccc(S)cc2CN1)N1CCCCC1. The summed E-state index contributed by atoms with van der Waals surface area (Å²) in [6.07, 6.45) is 4.37. The molecule has 1 saturated heterocycles. The molecule has 19 heavy (non-hydrogen) atoms. The Kier molecular flexibility index (Phi) is 3.80. The molecule has 3 rings (SSSR count). The molecule has 0 radical (unpaired) electrons. The number of hydrogen-bond acceptors (Lipinski definition) is 3. The molecule has 2 heterocycles. The summed E-state index contributed by atoms with van der Waals surface area (Å²) in [6.45, 7) is 2.63. The number of nitrogens with one attached hydrogen (secondary N) is 1. The highest BCUT2D eigenvalue weighted by Crippen LogP contribution is 2.21. The number of carbonyl (C=O) groups is 1. The van der Waals surface area contributed by atoms with Crippen LogP contribution in [0.3, 0.4) is 0 Å². The van der Waals surface area contributed by atoms with Crippen LogP contribution >= 0.6 is 12.6 Å². The van der Waals surface area contributed by atoms with Gasteiger partial charge in [-0.25, -0.2) is 0 Å². The van der Waals surface area contributed by atoms with Crippen molar-refractivity contribution in [1.29, 1.82) is 0 Å². The van der Waals surface area contributed by atoms with Gasteiger partial charge >= 0.3 is 0 Å². The summed E-state index contributed by atoms with van der Waals surface area (Å²) in [4.78, 5) is 15.5. The number of likely N-dealkylation sites (tertiary alicyclic amines) is 1. The summed E-state index contributed by atoms with van der Waals surface area (Å²) in [5.74, 6) is 0.278. The summed E-state index contributed by atoms with van der Waals surface area (Å²) in [5, 5.41) is 3.37. The third kappa shape index (κ3) is 2.79. The molecule has 3 nitrogen and oxygen atoms in total. The van der Waals surface area contributed by atoms with Gasteiger partial charge in [-0.1, -0.05) is 6.07 Å². The monoisotopic (exact) mass is 276 g/mol. The van der Waals surface area contributed by atoms with E-state index in [4.69, 9.17) is 0 Å². The molecular weight excluding hydrogens is 256 g/mol. The van der Waals surface area contributed by atoms with Crippen molar-refractivity contribution in [3.8, 4) is 0 Å². The molecule has 0 bridgehead atoms. The number of nitrogens with zero attached hydrogens (tertiary/aromatic N) is 1. The lowest BCUT2D eigenvalue weighted by Gasteiger charge is -2.33. The Morgan fingerprint density at radius 3 is 2.79 bits per heavy atom. The maximum atomic E-state index is 12.5. The Labute approximate surface area is 119 Å². The van der Waals surface area contributed by atoms with Crippen LogP contribution in [0.2, 0.25) is 0 Å². The maximum Gasteiger partial charge on any atom is 0.240 e. The molecule has 1 atom stereocenters. The highest BCUT2D eigenvalue weighted by atomic mass is 32.1. The highest BCUT2D eigenvalue weighted by Gasteiger charge is 2.28. The number of amides is 1. The Hall–Kier alpha value is -1.00. The Balaban J connectivity index is 1.71. The van der Waals surface area contributed by atoms with E-state index in [1.165, 1.54) is 17.5 Å². The summed E-state index contributed by atoms with van der Waals surface area (Å²) in [7, 11) is 0. The molecule has 1 aromatic rings. The number of fused-ring (bicyclic) bond motifs is 1. The minimum Gasteiger partial charge on any atom is -0.341 e. The molecule has 0 aromatic heterocycles. The number of piperidine rings is 1. The Morgan fingerprint density at radius 2 is 2.00 bits per heavy atom. The number of benzene rings is 1. The molecule has 0 aliphatic carbocycles. The van der Waals surface area contributed by atoms with Gasteiger partial charge < -0.3 is 10.2 Å². The van der Waals surface area contributed by atoms with E-state index >= 15 is 0 Å². The van der Waals surface area contributed by atoms with Crippen LogP contribution in [-0.4, -0.2) is 29.9 Å². The quantitative estimate of drug-likeness (QED) is 0.769. The van der Waals surface area contributed by atoms with Crippen LogP contribution in [0.5, 0.6) is 0 Å². The van der Waals surface area contributed by atoms with E-state index in [0.29, 0.717) is 0 Å². The van der Waals surface area contributed by atoms with Gasteiger partial charge in [0.05, 0.1) is 6.04 Å². The molecule has 0 spiro atoms. The zero-order chi connectivity index (χ0) is 13.2. The van der Waals surface area contributed by atoms with Crippen molar-refractivity contribution >= 4 is 18.5 Å². The van der Waals surface area contributed by atoms with Crippen molar-refractivity contribution in [2.75, 3.05) is 13.1 Å². The minimum atomic E-state index is -0.0450. The summed E-state index contributed by atoms with van der Waals surface area (Å²) in [5.41, 5.74) is 2.56. The number of thiol groups is 1. The zero-order valence-corrected chi connectivity index (χ0v) is 12.0. The molecule has 1 amide bonds. The number of rotatable bonds is 1. The van der Waals surface area contributed by atoms with E-state index in [-0.39, 0.29) is 11.9 Å². The Bertz CT molecular complexity index is 483. The van der Waals surface area contributed by atoms with Gasteiger partial charge in [0.1, 0.15) is 0 Å². The number of hydrogen-bond donors (Lipinski definition) is 2. The largest absolute Gasteiger partial charge is 0.341 e. The normalized spacial score (nSPS) is 23.0. The first kappa shape index (κ1) is 13.0. The van der Waals surface area contributed by atoms with E-state index in [2.05, 4.69) is 30.1 Å². The first-order chi connectivity index (χ1) is 9.24. The van der Waals surface area contributed by atoms with Crippen LogP contribution < -0.4 is 5.32 Å². The van der Waals surface area contributed by atoms with Crippen molar-refractivity contribution < 1.29 is 4.79 Å². The topological polar surface area (TPSA) is 32.3 Å². The lowest BCUT2D eigenvalue weighted by atomic mass is 9.94. The fourth-order valence-electron chi connectivity index (χ4n) is 3.01. The van der Waals surface area contributed by atoms with Crippen LogP contribution in [-0.2, 0) is 17.8 Å². The Morgan fingerprint density at radius 1 is 1.21 bits per heavy atom. The molecule has 0 unspecified atom stereocenters. The summed E-state index contributed by atoms with van der Waals surface area (Å²) < 4.78 is 0. The van der Waals surface area contributed by atoms with E-state index in [1.54, 1.807) is 0 Å². The summed E-state index contributed by atoms with van der Waals surface area (Å²) in [6, 6.07) is 6.16. The van der Waals surface area contributed by atoms with Gasteiger partial charge in [0.15, 0.2) is 0 Å². The van der Waals surface area contributed by atoms with Gasteiger partial charge in [0.2, 0.25) is 5.91 Å². The standard InChI is InChI=1S/C15H20N2OS/c18-15(17-6-2-1-3-7-17)14-9-11-4-5-13(19)8-12(11)10-16-14/h4-5,8,14,16,19H,1-3,6-7,9-10H2/t14-/m0/s1. The predicted octanol–water partition coefficient (Wildman–Crippen LogP) is 2.00. The van der Waals surface area contributed by atoms with Crippen LogP contribution in [0.1, 0.15) is 30.4 Å². The van der Waals surface area contributed by atoms with Crippen molar-refractivity contribution in [3.63, 3.8) is 0 Å². The fourth-order valence-corrected chi connectivity index (χ4v) is 3.24. The van der Waals surface area contributed by atoms with Gasteiger partial charge in [0, 0.05) is 24.5 Å². The molecule has 102 valence electrons. The molecule has 0 saturated carbocycles. The molecule has 1 N–H and O–H groups in total. The van der Waals surface area contributed by atoms with E-state index in [1.807, 2.05) is 11.0 Å². The van der Waals surface area contributed by atoms with Crippen molar-refractivity contribution in [2.24, 2.45) is 0 Å². The maximum absolute atomic E-state index is 12.5. The number of carbonyl (C=O) groups excluding carboxylic acids is 1. The third-order valence-electron chi connectivity index (χ3n) is 4.12. The van der Waals surface area contributed by atoms with Gasteiger partial charge in [-0.2, -0.15) is 0 Å². The fraction of sp³-hybridized carbons (Fsp3) is 0.533. The average Bonchev–Trinajstić information content (AvgIpc) is 2.47. The van der Waals surface area contributed by atoms with Crippen LogP contribution in [0, 0.1) is 0 Å². The first-order valence-corrected chi connectivity index (χ1v) is 7.52. The molecular formula is C15H20N2OS. The summed E-state index contributed by atoms with van der Waals surface area (Å²) >= 11 is 4.36. The lowest BCUT2D eigenvalue weighted by molar-refractivity contribution is -0.134. The van der Waals surface area contributed by atoms with Gasteiger partial charge in [-0.3, -0.25) is 4.79 Å². The van der Waals surface area contributed by atoms with Crippen LogP contribution in [0.25, 0.3) is 0 Å². The highest BCUT2D eigenvalue weighted by molar-refractivity contribution is 7.80. The molecule has 1 fully saturated rings. The third-order valence-corrected chi connectivity index (χ3v) is 4.40. The van der Waals surface area contributed by atoms with Crippen molar-refractivity contribution in [3.05, 3.63) is 29.3 Å². The lowest BCUT2D eigenvalue weighted by Crippen LogP contribution is -2.50. The molecule has 4 heteroatoms. The second-order valence-corrected chi connectivity index (χ2v) is 5.99. The van der Waals surface area contributed by atoms with Crippen LogP contribution in [0.15, 0.2) is 23.1 Å². The molecule has 1 aromatic carbocycles. The second kappa shape index (κ2) is 5.55. The molecule has 2 aliphatic rings. The van der Waals surface area contributed by atoms with Gasteiger partial charge in [0.25, 0.3) is 0 Å². The average molecular weight is 276 g/mol. The van der Waals surface area contributed by atoms with Gasteiger partial charge in [-0.15, -0.1) is 12.6 Å². The van der Waals surface area contributed by atoms with E-state index in [9.17, 15) is 4.79 Å². The van der Waals surface area contributed by atoms with E-state index in [0.717, 1.165) is 43.8 Å². The van der Waals surface area contributed by atoms with Crippen molar-refractivity contribution in [2.45, 2.75) is 43.2 Å². The van der Waals surface area contributed by atoms with Gasteiger partial charge in [-0.05, 0) is 48.9 Å². The van der Waals surface area contributed by atoms with Crippen molar-refractivity contribution in [1.82, 2.24) is 10.2 Å². The second-order valence-electron chi connectivity index (χ2n) is 5.48. The first-order valence-electron chi connectivity index (χ1n) is 7.07. The predicted molar refractivity (Wildman–Crippen MR) is 78.5 cm³/mol. The van der Waals surface area contributed by atoms with Crippen LogP contribution in [0.4, 0.5) is 0 Å². The smallest absolute Gasteiger partial charge is 0.240 e. The zero-order valence-electron chi connectivity index (χ0n) is 11.1. The molecule has 2 aliphatic heterocycles.